The molecule has 2 atom stereocenters. The van der Waals surface area contributed by atoms with Crippen LogP contribution in [0, 0.1) is 17.0 Å². The summed E-state index contributed by atoms with van der Waals surface area (Å²) >= 11 is 0. The van der Waals surface area contributed by atoms with Crippen molar-refractivity contribution in [3.63, 3.8) is 0 Å². The lowest BCUT2D eigenvalue weighted by Crippen LogP contribution is -2.55. The number of piperidine rings is 1. The number of hydrogen-bond donors (Lipinski definition) is 1. The largest absolute Gasteiger partial charge is 0.393 e. The number of carbonyl (C=O) groups is 1. The first-order valence-electron chi connectivity index (χ1n) is 9.06. The van der Waals surface area contributed by atoms with Crippen molar-refractivity contribution in [3.05, 3.63) is 29.6 Å². The van der Waals surface area contributed by atoms with Crippen LogP contribution in [0.4, 0.5) is 8.78 Å². The van der Waals surface area contributed by atoms with E-state index in [2.05, 4.69) is 25.8 Å². The van der Waals surface area contributed by atoms with E-state index in [1.54, 1.807) is 0 Å². The molecule has 26 heavy (non-hydrogen) atoms. The van der Waals surface area contributed by atoms with Gasteiger partial charge in [-0.25, -0.2) is 13.8 Å². The summed E-state index contributed by atoms with van der Waals surface area (Å²) in [6, 6.07) is 0.667. The predicted octanol–water partition coefficient (Wildman–Crippen LogP) is 2.92. The summed E-state index contributed by atoms with van der Waals surface area (Å²) in [5.74, 6) is -2.30. The van der Waals surface area contributed by atoms with Gasteiger partial charge in [0.05, 0.1) is 24.0 Å². The number of hydrogen-bond acceptors (Lipinski definition) is 4. The number of ether oxygens (including phenoxy) is 1. The third-order valence-corrected chi connectivity index (χ3v) is 5.42. The van der Waals surface area contributed by atoms with Gasteiger partial charge in [0.25, 0.3) is 5.91 Å². The van der Waals surface area contributed by atoms with Crippen LogP contribution in [0.1, 0.15) is 56.9 Å². The first-order chi connectivity index (χ1) is 12.1. The summed E-state index contributed by atoms with van der Waals surface area (Å²) in [5.41, 5.74) is -0.900. The second-order valence-electron chi connectivity index (χ2n) is 8.53. The Kier molecular flexibility index (Phi) is 5.05. The monoisotopic (exact) mass is 368 g/mol. The number of aliphatic hydroxyl groups excluding tert-OH is 1. The van der Waals surface area contributed by atoms with Crippen molar-refractivity contribution in [1.29, 1.82) is 0 Å². The molecular weight excluding hydrogens is 342 g/mol. The Morgan fingerprint density at radius 3 is 2.58 bits per heavy atom. The molecule has 2 aliphatic rings. The summed E-state index contributed by atoms with van der Waals surface area (Å²) in [5, 5.41) is 10.3. The number of halogens is 2. The van der Waals surface area contributed by atoms with Gasteiger partial charge in [0, 0.05) is 32.0 Å². The fourth-order valence-corrected chi connectivity index (χ4v) is 3.85. The topological polar surface area (TPSA) is 62.7 Å². The van der Waals surface area contributed by atoms with Crippen molar-refractivity contribution in [2.75, 3.05) is 13.1 Å². The molecule has 0 aromatic carbocycles. The second-order valence-corrected chi connectivity index (χ2v) is 8.53. The van der Waals surface area contributed by atoms with Gasteiger partial charge in [-0.2, -0.15) is 0 Å². The SMILES string of the molecule is CC(C)(C)[C@H]1C[C@@H](O)CC2(CCN(C(=O)c3ncc(F)cc3F)CC2)O1. The van der Waals surface area contributed by atoms with Crippen molar-refractivity contribution in [1.82, 2.24) is 9.88 Å². The average molecular weight is 368 g/mol. The van der Waals surface area contributed by atoms with E-state index in [0.717, 1.165) is 6.20 Å². The molecule has 1 aromatic heterocycles. The summed E-state index contributed by atoms with van der Waals surface area (Å²) in [6.07, 6.45) is 2.67. The van der Waals surface area contributed by atoms with Crippen molar-refractivity contribution < 1.29 is 23.4 Å². The standard InChI is InChI=1S/C19H26F2N2O3/c1-18(2,3)15-9-13(24)10-19(26-15)4-6-23(7-5-19)17(25)16-14(21)8-12(20)11-22-16/h8,11,13,15,24H,4-7,9-10H2,1-3H3/t13-,15-/m1/s1. The van der Waals surface area contributed by atoms with E-state index in [0.29, 0.717) is 44.8 Å². The Morgan fingerprint density at radius 2 is 2.00 bits per heavy atom. The number of aromatic nitrogens is 1. The van der Waals surface area contributed by atoms with Crippen molar-refractivity contribution >= 4 is 5.91 Å². The van der Waals surface area contributed by atoms with Gasteiger partial charge < -0.3 is 14.7 Å². The van der Waals surface area contributed by atoms with E-state index in [9.17, 15) is 18.7 Å². The van der Waals surface area contributed by atoms with Gasteiger partial charge >= 0.3 is 0 Å². The maximum atomic E-state index is 13.8. The molecular formula is C19H26F2N2O3. The van der Waals surface area contributed by atoms with Crippen LogP contribution in [-0.4, -0.2) is 51.8 Å². The normalized spacial score (nSPS) is 26.2. The molecule has 0 radical (unpaired) electrons. The lowest BCUT2D eigenvalue weighted by Gasteiger charge is -2.50. The van der Waals surface area contributed by atoms with Gasteiger partial charge in [0.2, 0.25) is 0 Å². The highest BCUT2D eigenvalue weighted by atomic mass is 19.1. The van der Waals surface area contributed by atoms with Gasteiger partial charge in [-0.05, 0) is 18.3 Å². The minimum absolute atomic E-state index is 0.0512. The molecule has 2 aliphatic heterocycles. The molecule has 3 rings (SSSR count). The number of likely N-dealkylation sites (tertiary alicyclic amines) is 1. The number of aliphatic hydroxyl groups is 1. The number of rotatable bonds is 1. The first kappa shape index (κ1) is 19.2. The Hall–Kier alpha value is -1.60. The third kappa shape index (κ3) is 3.88. The molecule has 1 spiro atoms. The van der Waals surface area contributed by atoms with E-state index in [-0.39, 0.29) is 17.2 Å². The third-order valence-electron chi connectivity index (χ3n) is 5.42. The predicted molar refractivity (Wildman–Crippen MR) is 91.6 cm³/mol. The van der Waals surface area contributed by atoms with Crippen LogP contribution in [-0.2, 0) is 4.74 Å². The summed E-state index contributed by atoms with van der Waals surface area (Å²) in [6.45, 7) is 7.04. The Morgan fingerprint density at radius 1 is 1.35 bits per heavy atom. The molecule has 0 bridgehead atoms. The van der Waals surface area contributed by atoms with E-state index < -0.39 is 29.2 Å². The lowest BCUT2D eigenvalue weighted by atomic mass is 9.76. The van der Waals surface area contributed by atoms with Crippen molar-refractivity contribution in [3.8, 4) is 0 Å². The molecule has 0 saturated carbocycles. The number of pyridine rings is 1. The molecule has 2 saturated heterocycles. The van der Waals surface area contributed by atoms with Gasteiger partial charge in [-0.1, -0.05) is 20.8 Å². The zero-order chi connectivity index (χ0) is 19.1. The van der Waals surface area contributed by atoms with Crippen LogP contribution in [0.15, 0.2) is 12.3 Å². The minimum atomic E-state index is -0.951. The van der Waals surface area contributed by atoms with Gasteiger partial charge in [-0.15, -0.1) is 0 Å². The van der Waals surface area contributed by atoms with Crippen LogP contribution in [0.2, 0.25) is 0 Å². The fraction of sp³-hybridized carbons (Fsp3) is 0.684. The molecule has 1 aromatic rings. The van der Waals surface area contributed by atoms with Gasteiger partial charge in [-0.3, -0.25) is 4.79 Å². The highest BCUT2D eigenvalue weighted by molar-refractivity contribution is 5.92. The van der Waals surface area contributed by atoms with Crippen LogP contribution < -0.4 is 0 Å². The first-order valence-corrected chi connectivity index (χ1v) is 9.06. The lowest BCUT2D eigenvalue weighted by molar-refractivity contribution is -0.205. The Labute approximate surface area is 152 Å². The average Bonchev–Trinajstić information content (AvgIpc) is 2.53. The maximum absolute atomic E-state index is 13.8. The van der Waals surface area contributed by atoms with E-state index in [4.69, 9.17) is 4.74 Å². The summed E-state index contributed by atoms with van der Waals surface area (Å²) in [7, 11) is 0. The smallest absolute Gasteiger partial charge is 0.275 e. The number of nitrogens with zero attached hydrogens (tertiary/aromatic N) is 2. The Bertz CT molecular complexity index is 682. The summed E-state index contributed by atoms with van der Waals surface area (Å²) < 4.78 is 33.2. The molecule has 3 heterocycles. The highest BCUT2D eigenvalue weighted by Crippen LogP contribution is 2.42. The molecule has 1 N–H and O–H groups in total. The fourth-order valence-electron chi connectivity index (χ4n) is 3.85. The molecule has 0 unspecified atom stereocenters. The molecule has 144 valence electrons. The molecule has 5 nitrogen and oxygen atoms in total. The van der Waals surface area contributed by atoms with Crippen molar-refractivity contribution in [2.45, 2.75) is 64.3 Å². The van der Waals surface area contributed by atoms with Crippen LogP contribution >= 0.6 is 0 Å². The van der Waals surface area contributed by atoms with Crippen LogP contribution in [0.5, 0.6) is 0 Å². The van der Waals surface area contributed by atoms with Crippen LogP contribution in [0.25, 0.3) is 0 Å². The molecule has 1 amide bonds. The molecule has 0 aliphatic carbocycles. The highest BCUT2D eigenvalue weighted by Gasteiger charge is 2.46. The summed E-state index contributed by atoms with van der Waals surface area (Å²) in [4.78, 5) is 17.6. The molecule has 7 heteroatoms. The number of carbonyl (C=O) groups excluding carboxylic acids is 1. The minimum Gasteiger partial charge on any atom is -0.393 e. The van der Waals surface area contributed by atoms with E-state index >= 15 is 0 Å². The zero-order valence-corrected chi connectivity index (χ0v) is 15.5. The second kappa shape index (κ2) is 6.85. The Balaban J connectivity index is 1.69. The van der Waals surface area contributed by atoms with Gasteiger partial charge in [0.15, 0.2) is 11.5 Å². The van der Waals surface area contributed by atoms with E-state index in [1.165, 1.54) is 4.90 Å². The van der Waals surface area contributed by atoms with Crippen molar-refractivity contribution in [2.24, 2.45) is 5.41 Å². The van der Waals surface area contributed by atoms with Gasteiger partial charge in [0.1, 0.15) is 5.82 Å². The maximum Gasteiger partial charge on any atom is 0.275 e. The molecule has 2 fully saturated rings. The zero-order valence-electron chi connectivity index (χ0n) is 15.5. The quantitative estimate of drug-likeness (QED) is 0.828. The van der Waals surface area contributed by atoms with E-state index in [1.807, 2.05) is 0 Å². The number of amides is 1. The van der Waals surface area contributed by atoms with Crippen LogP contribution in [0.3, 0.4) is 0 Å².